The van der Waals surface area contributed by atoms with Crippen molar-refractivity contribution in [3.63, 3.8) is 0 Å². The zero-order valence-electron chi connectivity index (χ0n) is 7.75. The minimum absolute atomic E-state index is 0.599. The van der Waals surface area contributed by atoms with E-state index in [0.717, 1.165) is 16.5 Å². The minimum Gasteiger partial charge on any atom is -0.153 e. The highest BCUT2D eigenvalue weighted by atomic mass is 35.5. The van der Waals surface area contributed by atoms with Gasteiger partial charge in [-0.1, -0.05) is 35.9 Å². The fourth-order valence-corrected chi connectivity index (χ4v) is 2.03. The van der Waals surface area contributed by atoms with E-state index < -0.39 is 0 Å². The third-order valence-electron chi connectivity index (χ3n) is 1.65. The molecule has 76 valence electrons. The van der Waals surface area contributed by atoms with Crippen LogP contribution in [0.15, 0.2) is 36.4 Å². The second-order valence-electron chi connectivity index (χ2n) is 2.77. The van der Waals surface area contributed by atoms with Crippen LogP contribution in [-0.2, 0) is 5.75 Å². The molecule has 0 atom stereocenters. The standard InChI is InChI=1S/C11H12Cl2S/c12-7-1-2-8-14-9-10-3-5-11(13)6-4-10/h1-6H,7-9H2/b2-1+. The highest BCUT2D eigenvalue weighted by Crippen LogP contribution is 2.15. The molecule has 1 aromatic rings. The quantitative estimate of drug-likeness (QED) is 0.423. The van der Waals surface area contributed by atoms with E-state index in [1.165, 1.54) is 5.56 Å². The first-order valence-electron chi connectivity index (χ1n) is 4.36. The van der Waals surface area contributed by atoms with Crippen molar-refractivity contribution in [2.45, 2.75) is 5.75 Å². The van der Waals surface area contributed by atoms with Crippen LogP contribution in [-0.4, -0.2) is 11.6 Å². The third kappa shape index (κ3) is 4.94. The molecule has 3 heteroatoms. The maximum Gasteiger partial charge on any atom is 0.0406 e. The molecule has 0 heterocycles. The van der Waals surface area contributed by atoms with Gasteiger partial charge in [0.15, 0.2) is 0 Å². The highest BCUT2D eigenvalue weighted by molar-refractivity contribution is 7.98. The summed E-state index contributed by atoms with van der Waals surface area (Å²) in [5, 5.41) is 0.792. The molecule has 0 N–H and O–H groups in total. The van der Waals surface area contributed by atoms with Crippen molar-refractivity contribution in [2.24, 2.45) is 0 Å². The normalized spacial score (nSPS) is 11.0. The Morgan fingerprint density at radius 3 is 2.50 bits per heavy atom. The molecule has 0 aliphatic carbocycles. The molecule has 1 rings (SSSR count). The summed E-state index contributed by atoms with van der Waals surface area (Å²) in [6.07, 6.45) is 4.06. The van der Waals surface area contributed by atoms with Crippen LogP contribution >= 0.6 is 35.0 Å². The SMILES string of the molecule is ClC/C=C/CSCc1ccc(Cl)cc1. The molecule has 0 radical (unpaired) electrons. The van der Waals surface area contributed by atoms with Gasteiger partial charge in [-0.2, -0.15) is 11.8 Å². The van der Waals surface area contributed by atoms with Gasteiger partial charge >= 0.3 is 0 Å². The highest BCUT2D eigenvalue weighted by Gasteiger charge is 1.92. The number of rotatable bonds is 5. The lowest BCUT2D eigenvalue weighted by atomic mass is 10.2. The maximum absolute atomic E-state index is 5.78. The Morgan fingerprint density at radius 1 is 1.14 bits per heavy atom. The van der Waals surface area contributed by atoms with Gasteiger partial charge in [-0.25, -0.2) is 0 Å². The lowest BCUT2D eigenvalue weighted by molar-refractivity contribution is 1.41. The van der Waals surface area contributed by atoms with Gasteiger partial charge in [0, 0.05) is 22.4 Å². The Hall–Kier alpha value is -0.110. The molecule has 0 aromatic heterocycles. The number of thioether (sulfide) groups is 1. The number of hydrogen-bond acceptors (Lipinski definition) is 1. The number of hydrogen-bond donors (Lipinski definition) is 0. The van der Waals surface area contributed by atoms with Gasteiger partial charge < -0.3 is 0 Å². The van der Waals surface area contributed by atoms with Gasteiger partial charge in [-0.15, -0.1) is 11.6 Å². The molecule has 0 amide bonds. The van der Waals surface area contributed by atoms with Gasteiger partial charge in [0.05, 0.1) is 0 Å². The van der Waals surface area contributed by atoms with E-state index in [1.807, 2.05) is 30.0 Å². The molecule has 0 unspecified atom stereocenters. The van der Waals surface area contributed by atoms with E-state index in [-0.39, 0.29) is 0 Å². The summed E-state index contributed by atoms with van der Waals surface area (Å²) in [6.45, 7) is 0. The first-order chi connectivity index (χ1) is 6.83. The molecule has 0 aliphatic heterocycles. The van der Waals surface area contributed by atoms with Crippen LogP contribution in [0.5, 0.6) is 0 Å². The van der Waals surface area contributed by atoms with E-state index in [1.54, 1.807) is 0 Å². The number of benzene rings is 1. The predicted molar refractivity (Wildman–Crippen MR) is 67.5 cm³/mol. The molecular weight excluding hydrogens is 235 g/mol. The molecule has 0 saturated heterocycles. The summed E-state index contributed by atoms with van der Waals surface area (Å²) >= 11 is 13.1. The molecular formula is C11H12Cl2S. The fourth-order valence-electron chi connectivity index (χ4n) is 0.956. The van der Waals surface area contributed by atoms with Crippen molar-refractivity contribution >= 4 is 35.0 Å². The minimum atomic E-state index is 0.599. The van der Waals surface area contributed by atoms with Gasteiger partial charge in [0.1, 0.15) is 0 Å². The van der Waals surface area contributed by atoms with Crippen molar-refractivity contribution in [1.82, 2.24) is 0 Å². The van der Waals surface area contributed by atoms with Crippen LogP contribution in [0.4, 0.5) is 0 Å². The molecule has 0 aliphatic rings. The van der Waals surface area contributed by atoms with E-state index >= 15 is 0 Å². The first-order valence-corrected chi connectivity index (χ1v) is 6.43. The number of allylic oxidation sites excluding steroid dienone is 1. The summed E-state index contributed by atoms with van der Waals surface area (Å²) in [4.78, 5) is 0. The fraction of sp³-hybridized carbons (Fsp3) is 0.273. The van der Waals surface area contributed by atoms with Crippen molar-refractivity contribution in [2.75, 3.05) is 11.6 Å². The Balaban J connectivity index is 2.25. The largest absolute Gasteiger partial charge is 0.153 e. The molecule has 14 heavy (non-hydrogen) atoms. The third-order valence-corrected chi connectivity index (χ3v) is 3.05. The van der Waals surface area contributed by atoms with E-state index in [9.17, 15) is 0 Å². The Kier molecular flexibility index (Phi) is 6.17. The van der Waals surface area contributed by atoms with Crippen LogP contribution < -0.4 is 0 Å². The molecule has 0 fully saturated rings. The van der Waals surface area contributed by atoms with Gasteiger partial charge in [0.2, 0.25) is 0 Å². The van der Waals surface area contributed by atoms with Gasteiger partial charge in [-0.05, 0) is 17.7 Å². The Bertz CT molecular complexity index is 280. The summed E-state index contributed by atoms with van der Waals surface area (Å²) in [7, 11) is 0. The smallest absolute Gasteiger partial charge is 0.0406 e. The van der Waals surface area contributed by atoms with Crippen molar-refractivity contribution in [3.05, 3.63) is 47.0 Å². The van der Waals surface area contributed by atoms with Gasteiger partial charge in [-0.3, -0.25) is 0 Å². The average Bonchev–Trinajstić information content (AvgIpc) is 2.21. The van der Waals surface area contributed by atoms with Crippen LogP contribution in [0.2, 0.25) is 5.02 Å². The molecule has 0 spiro atoms. The van der Waals surface area contributed by atoms with E-state index in [2.05, 4.69) is 18.2 Å². The lowest BCUT2D eigenvalue weighted by Gasteiger charge is -1.99. The number of alkyl halides is 1. The van der Waals surface area contributed by atoms with Crippen LogP contribution in [0, 0.1) is 0 Å². The summed E-state index contributed by atoms with van der Waals surface area (Å²) < 4.78 is 0. The predicted octanol–water partition coefficient (Wildman–Crippen LogP) is 4.37. The van der Waals surface area contributed by atoms with E-state index in [4.69, 9.17) is 23.2 Å². The number of halogens is 2. The van der Waals surface area contributed by atoms with E-state index in [0.29, 0.717) is 5.88 Å². The van der Waals surface area contributed by atoms with Crippen LogP contribution in [0.3, 0.4) is 0 Å². The first kappa shape index (κ1) is 12.0. The molecule has 1 aromatic carbocycles. The second-order valence-corrected chi connectivity index (χ2v) is 4.54. The van der Waals surface area contributed by atoms with Crippen molar-refractivity contribution in [3.8, 4) is 0 Å². The van der Waals surface area contributed by atoms with Crippen LogP contribution in [0.1, 0.15) is 5.56 Å². The summed E-state index contributed by atoms with van der Waals surface area (Å²) in [5.41, 5.74) is 1.30. The molecule has 0 nitrogen and oxygen atoms in total. The van der Waals surface area contributed by atoms with Crippen molar-refractivity contribution < 1.29 is 0 Å². The summed E-state index contributed by atoms with van der Waals surface area (Å²) in [5.74, 6) is 2.63. The Morgan fingerprint density at radius 2 is 1.86 bits per heavy atom. The Labute approximate surface area is 99.3 Å². The monoisotopic (exact) mass is 246 g/mol. The summed E-state index contributed by atoms with van der Waals surface area (Å²) in [6, 6.07) is 7.96. The lowest BCUT2D eigenvalue weighted by Crippen LogP contribution is -1.80. The zero-order valence-corrected chi connectivity index (χ0v) is 10.1. The average molecular weight is 247 g/mol. The van der Waals surface area contributed by atoms with Crippen LogP contribution in [0.25, 0.3) is 0 Å². The van der Waals surface area contributed by atoms with Crippen molar-refractivity contribution in [1.29, 1.82) is 0 Å². The maximum atomic E-state index is 5.78. The second kappa shape index (κ2) is 7.22. The topological polar surface area (TPSA) is 0 Å². The molecule has 0 saturated carbocycles. The zero-order chi connectivity index (χ0) is 10.2. The van der Waals surface area contributed by atoms with Gasteiger partial charge in [0.25, 0.3) is 0 Å². The molecule has 0 bridgehead atoms.